The van der Waals surface area contributed by atoms with Crippen molar-refractivity contribution >= 4 is 81.9 Å². The molecule has 0 aliphatic heterocycles. The van der Waals surface area contributed by atoms with Crippen LogP contribution in [0.1, 0.15) is 10.4 Å². The van der Waals surface area contributed by atoms with E-state index in [0.29, 0.717) is 0 Å². The third-order valence-corrected chi connectivity index (χ3v) is 1.33. The zero-order valence-electron chi connectivity index (χ0n) is 5.93. The Balaban J connectivity index is 0. The van der Waals surface area contributed by atoms with E-state index in [2.05, 4.69) is 0 Å². The van der Waals surface area contributed by atoms with Crippen LogP contribution in [0, 0.1) is 10.1 Å². The first-order valence-corrected chi connectivity index (χ1v) is 3.09. The number of nitro groups is 1. The summed E-state index contributed by atoms with van der Waals surface area (Å²) in [7, 11) is 0. The van der Waals surface area contributed by atoms with Gasteiger partial charge in [-0.2, -0.15) is 0 Å². The van der Waals surface area contributed by atoms with Crippen molar-refractivity contribution in [2.45, 2.75) is 0 Å². The number of carboxylic acid groups (broad SMARTS) is 1. The van der Waals surface area contributed by atoms with E-state index in [1.54, 1.807) is 0 Å². The second-order valence-electron chi connectivity index (χ2n) is 2.08. The van der Waals surface area contributed by atoms with Gasteiger partial charge >= 0.3 is 76.2 Å². The summed E-state index contributed by atoms with van der Waals surface area (Å²) in [5, 5.41) is 18.8. The number of nitro benzene ring substituents is 1. The SMILES string of the molecule is O=C(O)c1ccccc1[N+](=O)[O-].[KH].[LiH]. The van der Waals surface area contributed by atoms with Crippen LogP contribution in [0.3, 0.4) is 0 Å². The normalized spacial score (nSPS) is 8.00. The van der Waals surface area contributed by atoms with Crippen molar-refractivity contribution in [2.24, 2.45) is 0 Å². The Kier molecular flexibility index (Phi) is 9.08. The average Bonchev–Trinajstić information content (AvgIpc) is 2.04. The number of carboxylic acids is 1. The van der Waals surface area contributed by atoms with E-state index < -0.39 is 10.9 Å². The molecule has 0 heterocycles. The molecule has 0 aliphatic rings. The summed E-state index contributed by atoms with van der Waals surface area (Å²) >= 11 is 0. The van der Waals surface area contributed by atoms with Crippen LogP contribution >= 0.6 is 0 Å². The summed E-state index contributed by atoms with van der Waals surface area (Å²) in [6.07, 6.45) is 0. The third-order valence-electron chi connectivity index (χ3n) is 1.33. The van der Waals surface area contributed by atoms with Crippen molar-refractivity contribution in [1.82, 2.24) is 0 Å². The Morgan fingerprint density at radius 1 is 1.36 bits per heavy atom. The van der Waals surface area contributed by atoms with Gasteiger partial charge in [0, 0.05) is 6.07 Å². The van der Waals surface area contributed by atoms with Gasteiger partial charge in [0.05, 0.1) is 4.92 Å². The molecule has 0 fully saturated rings. The molecule has 0 saturated carbocycles. The number of rotatable bonds is 2. The molecule has 0 bridgehead atoms. The van der Waals surface area contributed by atoms with E-state index in [1.165, 1.54) is 18.2 Å². The molecule has 1 rings (SSSR count). The molecule has 0 atom stereocenters. The Labute approximate surface area is 135 Å². The van der Waals surface area contributed by atoms with Gasteiger partial charge in [0.1, 0.15) is 5.56 Å². The topological polar surface area (TPSA) is 80.4 Å². The average molecular weight is 215 g/mol. The van der Waals surface area contributed by atoms with Crippen molar-refractivity contribution in [3.63, 3.8) is 0 Å². The van der Waals surface area contributed by atoms with Crippen LogP contribution in [0.5, 0.6) is 0 Å². The van der Waals surface area contributed by atoms with Crippen LogP contribution < -0.4 is 0 Å². The first kappa shape index (κ1) is 16.7. The van der Waals surface area contributed by atoms with E-state index in [0.717, 1.165) is 6.07 Å². The van der Waals surface area contributed by atoms with Gasteiger partial charge in [-0.25, -0.2) is 4.79 Å². The van der Waals surface area contributed by atoms with Gasteiger partial charge in [0.25, 0.3) is 5.69 Å². The standard InChI is InChI=1S/C7H5NO4.K.Li.2H/c9-7(10)5-3-1-2-4-6(5)8(11)12;;;;/h1-4H,(H,9,10);;;;. The minimum absolute atomic E-state index is 0. The number of hydrogen-bond acceptors (Lipinski definition) is 3. The predicted octanol–water partition coefficient (Wildman–Crippen LogP) is -0.00400. The minimum atomic E-state index is -1.29. The molecule has 0 aliphatic carbocycles. The molecule has 7 heteroatoms. The molecule has 14 heavy (non-hydrogen) atoms. The molecule has 1 aromatic rings. The molecular weight excluding hydrogens is 208 g/mol. The Morgan fingerprint density at radius 3 is 2.21 bits per heavy atom. The fraction of sp³-hybridized carbons (Fsp3) is 0. The van der Waals surface area contributed by atoms with Gasteiger partial charge in [-0.05, 0) is 6.07 Å². The van der Waals surface area contributed by atoms with Crippen LogP contribution in [-0.4, -0.2) is 86.2 Å². The molecule has 0 unspecified atom stereocenters. The van der Waals surface area contributed by atoms with Gasteiger partial charge in [0.15, 0.2) is 0 Å². The van der Waals surface area contributed by atoms with Crippen LogP contribution in [0.2, 0.25) is 0 Å². The summed E-state index contributed by atoms with van der Waals surface area (Å²) in [4.78, 5) is 20.0. The number of aromatic carboxylic acids is 1. The van der Waals surface area contributed by atoms with E-state index in [4.69, 9.17) is 5.11 Å². The van der Waals surface area contributed by atoms with Crippen LogP contribution in [0.4, 0.5) is 5.69 Å². The van der Waals surface area contributed by atoms with Gasteiger partial charge in [-0.3, -0.25) is 10.1 Å². The van der Waals surface area contributed by atoms with Gasteiger partial charge < -0.3 is 5.11 Å². The fourth-order valence-electron chi connectivity index (χ4n) is 0.814. The van der Waals surface area contributed by atoms with E-state index >= 15 is 0 Å². The van der Waals surface area contributed by atoms with Gasteiger partial charge in [-0.15, -0.1) is 0 Å². The van der Waals surface area contributed by atoms with E-state index in [1.807, 2.05) is 0 Å². The molecule has 5 nitrogen and oxygen atoms in total. The van der Waals surface area contributed by atoms with Crippen LogP contribution in [-0.2, 0) is 0 Å². The quantitative estimate of drug-likeness (QED) is 0.427. The monoisotopic (exact) mass is 215 g/mol. The van der Waals surface area contributed by atoms with E-state index in [9.17, 15) is 14.9 Å². The molecule has 0 saturated heterocycles. The predicted molar refractivity (Wildman–Crippen MR) is 54.4 cm³/mol. The number of benzene rings is 1. The zero-order chi connectivity index (χ0) is 9.14. The second kappa shape index (κ2) is 7.59. The molecular formula is C7H7KLiNO4. The fourth-order valence-corrected chi connectivity index (χ4v) is 0.814. The van der Waals surface area contributed by atoms with Crippen molar-refractivity contribution in [3.05, 3.63) is 39.9 Å². The summed E-state index contributed by atoms with van der Waals surface area (Å²) in [5.74, 6) is -1.29. The number of para-hydroxylation sites is 1. The third kappa shape index (κ3) is 4.23. The molecule has 1 aromatic carbocycles. The Hall–Kier alpha value is 0.324. The number of nitrogens with zero attached hydrogens (tertiary/aromatic N) is 1. The van der Waals surface area contributed by atoms with Crippen molar-refractivity contribution in [1.29, 1.82) is 0 Å². The van der Waals surface area contributed by atoms with Crippen molar-refractivity contribution in [2.75, 3.05) is 0 Å². The molecule has 1 N–H and O–H groups in total. The molecule has 0 spiro atoms. The van der Waals surface area contributed by atoms with Crippen LogP contribution in [0.15, 0.2) is 24.3 Å². The van der Waals surface area contributed by atoms with Crippen molar-refractivity contribution < 1.29 is 14.8 Å². The molecule has 0 aromatic heterocycles. The summed E-state index contributed by atoms with van der Waals surface area (Å²) in [6, 6.07) is 5.21. The molecule has 0 amide bonds. The zero-order valence-corrected chi connectivity index (χ0v) is 5.93. The second-order valence-corrected chi connectivity index (χ2v) is 2.08. The molecule has 66 valence electrons. The summed E-state index contributed by atoms with van der Waals surface area (Å²) in [6.45, 7) is 0. The van der Waals surface area contributed by atoms with Crippen LogP contribution in [0.25, 0.3) is 0 Å². The maximum atomic E-state index is 10.4. The number of hydrogen-bond donors (Lipinski definition) is 1. The molecule has 0 radical (unpaired) electrons. The van der Waals surface area contributed by atoms with Crippen molar-refractivity contribution in [3.8, 4) is 0 Å². The summed E-state index contributed by atoms with van der Waals surface area (Å²) < 4.78 is 0. The Bertz CT molecular complexity index is 311. The maximum absolute atomic E-state index is 10.4. The van der Waals surface area contributed by atoms with Gasteiger partial charge in [0.2, 0.25) is 0 Å². The van der Waals surface area contributed by atoms with E-state index in [-0.39, 0.29) is 81.5 Å². The Morgan fingerprint density at radius 2 is 1.86 bits per heavy atom. The summed E-state index contributed by atoms with van der Waals surface area (Å²) in [5.41, 5.74) is -0.674. The first-order valence-electron chi connectivity index (χ1n) is 3.09. The number of carbonyl (C=O) groups is 1. The van der Waals surface area contributed by atoms with Gasteiger partial charge in [-0.1, -0.05) is 12.1 Å². The first-order chi connectivity index (χ1) is 5.63.